The molecule has 0 amide bonds. The molecule has 11 nitrogen and oxygen atoms in total. The van der Waals surface area contributed by atoms with Crippen molar-refractivity contribution in [2.45, 2.75) is 28.9 Å². The largest absolute Gasteiger partial charge is 0.497 e. The molecule has 1 atom stereocenters. The average molecular weight is 513 g/mol. The number of aromatic nitrogens is 8. The molecular formula is C22H18F2N8O3S. The highest BCUT2D eigenvalue weighted by Gasteiger charge is 2.35. The lowest BCUT2D eigenvalue weighted by Crippen LogP contribution is -2.37. The Labute approximate surface area is 206 Å². The highest BCUT2D eigenvalue weighted by molar-refractivity contribution is 7.99. The van der Waals surface area contributed by atoms with Crippen LogP contribution in [0.25, 0.3) is 11.5 Å². The summed E-state index contributed by atoms with van der Waals surface area (Å²) < 4.78 is 41.7. The highest BCUT2D eigenvalue weighted by Crippen LogP contribution is 2.31. The summed E-state index contributed by atoms with van der Waals surface area (Å²) in [5.41, 5.74) is -1.27. The van der Waals surface area contributed by atoms with Gasteiger partial charge in [-0.2, -0.15) is 5.10 Å². The SMILES string of the molecule is COc1cccc(-c2nnc(Sc3cn(CC(O)(Cn4cncn4)c4ccc(F)cc4F)nn3)o2)c1. The van der Waals surface area contributed by atoms with Gasteiger partial charge in [0.2, 0.25) is 5.89 Å². The molecule has 0 aliphatic carbocycles. The zero-order valence-electron chi connectivity index (χ0n) is 18.7. The van der Waals surface area contributed by atoms with Crippen molar-refractivity contribution in [2.75, 3.05) is 7.11 Å². The quantitative estimate of drug-likeness (QED) is 0.315. The Morgan fingerprint density at radius 3 is 2.72 bits per heavy atom. The van der Waals surface area contributed by atoms with Gasteiger partial charge in [0.1, 0.15) is 40.7 Å². The Kier molecular flexibility index (Phi) is 6.43. The van der Waals surface area contributed by atoms with Crippen LogP contribution in [-0.2, 0) is 18.7 Å². The molecule has 0 spiro atoms. The monoisotopic (exact) mass is 512 g/mol. The smallest absolute Gasteiger partial charge is 0.283 e. The van der Waals surface area contributed by atoms with Gasteiger partial charge in [0.05, 0.1) is 26.4 Å². The van der Waals surface area contributed by atoms with E-state index in [4.69, 9.17) is 9.15 Å². The number of methoxy groups -OCH3 is 1. The van der Waals surface area contributed by atoms with E-state index in [2.05, 4.69) is 30.6 Å². The van der Waals surface area contributed by atoms with E-state index in [1.54, 1.807) is 25.3 Å². The molecule has 0 saturated heterocycles. The maximum Gasteiger partial charge on any atom is 0.283 e. The van der Waals surface area contributed by atoms with Crippen LogP contribution in [0.3, 0.4) is 0 Å². The standard InChI is InChI=1S/C22H18F2N8O3S/c1-34-16-4-2-3-14(7-16)20-28-29-21(35-20)36-19-9-31(30-27-19)10-22(33,11-32-13-25-12-26-32)17-6-5-15(23)8-18(17)24/h2-9,12-13,33H,10-11H2,1H3. The number of aliphatic hydroxyl groups is 1. The highest BCUT2D eigenvalue weighted by atomic mass is 32.2. The van der Waals surface area contributed by atoms with Crippen LogP contribution in [0.1, 0.15) is 5.56 Å². The predicted octanol–water partition coefficient (Wildman–Crippen LogP) is 2.95. The zero-order chi connectivity index (χ0) is 25.1. The summed E-state index contributed by atoms with van der Waals surface area (Å²) in [6, 6.07) is 10.2. The van der Waals surface area contributed by atoms with Crippen molar-refractivity contribution in [3.8, 4) is 17.2 Å². The van der Waals surface area contributed by atoms with Crippen LogP contribution in [0.2, 0.25) is 0 Å². The van der Waals surface area contributed by atoms with Crippen molar-refractivity contribution in [1.82, 2.24) is 40.0 Å². The van der Waals surface area contributed by atoms with Gasteiger partial charge in [0, 0.05) is 17.2 Å². The minimum atomic E-state index is -1.84. The molecule has 3 aromatic heterocycles. The van der Waals surface area contributed by atoms with E-state index in [1.165, 1.54) is 34.3 Å². The number of benzene rings is 2. The number of ether oxygens (including phenoxy) is 1. The second-order valence-electron chi connectivity index (χ2n) is 7.71. The number of halogens is 2. The van der Waals surface area contributed by atoms with Crippen molar-refractivity contribution in [3.05, 3.63) is 78.5 Å². The van der Waals surface area contributed by atoms with Crippen molar-refractivity contribution in [1.29, 1.82) is 0 Å². The normalized spacial score (nSPS) is 13.0. The number of rotatable bonds is 9. The van der Waals surface area contributed by atoms with Crippen LogP contribution in [0, 0.1) is 11.6 Å². The Hall–Kier alpha value is -4.17. The fourth-order valence-corrected chi connectivity index (χ4v) is 4.19. The summed E-state index contributed by atoms with van der Waals surface area (Å²) in [5, 5.41) is 32.2. The summed E-state index contributed by atoms with van der Waals surface area (Å²) in [6.07, 6.45) is 4.20. The van der Waals surface area contributed by atoms with E-state index in [0.29, 0.717) is 28.3 Å². The molecule has 36 heavy (non-hydrogen) atoms. The maximum absolute atomic E-state index is 14.6. The summed E-state index contributed by atoms with van der Waals surface area (Å²) in [6.45, 7) is -0.368. The van der Waals surface area contributed by atoms with E-state index in [-0.39, 0.29) is 23.9 Å². The number of hydrogen-bond acceptors (Lipinski definition) is 10. The van der Waals surface area contributed by atoms with Gasteiger partial charge in [-0.3, -0.25) is 0 Å². The molecule has 1 unspecified atom stereocenters. The lowest BCUT2D eigenvalue weighted by molar-refractivity contribution is -0.00893. The fraction of sp³-hybridized carbons (Fsp3) is 0.182. The van der Waals surface area contributed by atoms with Crippen LogP contribution in [0.5, 0.6) is 5.75 Å². The van der Waals surface area contributed by atoms with Gasteiger partial charge in [0.15, 0.2) is 0 Å². The minimum Gasteiger partial charge on any atom is -0.497 e. The third-order valence-corrected chi connectivity index (χ3v) is 5.91. The molecule has 1 N–H and O–H groups in total. The number of nitrogens with zero attached hydrogens (tertiary/aromatic N) is 8. The average Bonchev–Trinajstić information content (AvgIpc) is 3.62. The third-order valence-electron chi connectivity index (χ3n) is 5.18. The first kappa shape index (κ1) is 23.6. The van der Waals surface area contributed by atoms with Crippen LogP contribution in [0.15, 0.2) is 76.0 Å². The first-order chi connectivity index (χ1) is 17.4. The van der Waals surface area contributed by atoms with Crippen molar-refractivity contribution < 1.29 is 23.0 Å². The molecule has 0 radical (unpaired) electrons. The summed E-state index contributed by atoms with van der Waals surface area (Å²) in [4.78, 5) is 3.85. The molecule has 5 rings (SSSR count). The van der Waals surface area contributed by atoms with Crippen LogP contribution in [0.4, 0.5) is 8.78 Å². The molecule has 0 fully saturated rings. The van der Waals surface area contributed by atoms with E-state index < -0.39 is 17.2 Å². The lowest BCUT2D eigenvalue weighted by atomic mass is 9.93. The Bertz CT molecular complexity index is 1480. The molecule has 3 heterocycles. The second kappa shape index (κ2) is 9.83. The number of hydrogen-bond donors (Lipinski definition) is 1. The first-order valence-electron chi connectivity index (χ1n) is 10.5. The Morgan fingerprint density at radius 2 is 1.94 bits per heavy atom. The fourth-order valence-electron chi connectivity index (χ4n) is 3.56. The van der Waals surface area contributed by atoms with Gasteiger partial charge >= 0.3 is 0 Å². The van der Waals surface area contributed by atoms with Gasteiger partial charge in [-0.05, 0) is 36.0 Å². The maximum atomic E-state index is 14.6. The van der Waals surface area contributed by atoms with Crippen molar-refractivity contribution >= 4 is 11.8 Å². The minimum absolute atomic E-state index is 0.121. The van der Waals surface area contributed by atoms with Crippen LogP contribution in [-0.4, -0.2) is 52.2 Å². The van der Waals surface area contributed by atoms with E-state index in [9.17, 15) is 13.9 Å². The van der Waals surface area contributed by atoms with Crippen LogP contribution < -0.4 is 4.74 Å². The topological polar surface area (TPSA) is 130 Å². The first-order valence-corrected chi connectivity index (χ1v) is 11.3. The van der Waals surface area contributed by atoms with Gasteiger partial charge < -0.3 is 14.3 Å². The summed E-state index contributed by atoms with van der Waals surface area (Å²) in [5.74, 6) is -0.702. The van der Waals surface area contributed by atoms with Gasteiger partial charge in [0.25, 0.3) is 5.22 Å². The molecule has 0 aliphatic rings. The molecule has 14 heteroatoms. The third kappa shape index (κ3) is 5.08. The van der Waals surface area contributed by atoms with E-state index in [1.807, 2.05) is 6.07 Å². The molecular weight excluding hydrogens is 494 g/mol. The van der Waals surface area contributed by atoms with Crippen molar-refractivity contribution in [2.24, 2.45) is 0 Å². The van der Waals surface area contributed by atoms with Crippen molar-refractivity contribution in [3.63, 3.8) is 0 Å². The van der Waals surface area contributed by atoms with Gasteiger partial charge in [-0.1, -0.05) is 17.3 Å². The predicted molar refractivity (Wildman–Crippen MR) is 121 cm³/mol. The molecule has 5 aromatic rings. The van der Waals surface area contributed by atoms with Crippen LogP contribution >= 0.6 is 11.8 Å². The van der Waals surface area contributed by atoms with Gasteiger partial charge in [-0.15, -0.1) is 15.3 Å². The molecule has 184 valence electrons. The molecule has 0 bridgehead atoms. The second-order valence-corrected chi connectivity index (χ2v) is 8.68. The lowest BCUT2D eigenvalue weighted by Gasteiger charge is -2.28. The Morgan fingerprint density at radius 1 is 1.08 bits per heavy atom. The summed E-state index contributed by atoms with van der Waals surface area (Å²) >= 11 is 1.07. The molecule has 2 aromatic carbocycles. The zero-order valence-corrected chi connectivity index (χ0v) is 19.5. The molecule has 0 saturated carbocycles. The van der Waals surface area contributed by atoms with E-state index >= 15 is 0 Å². The summed E-state index contributed by atoms with van der Waals surface area (Å²) in [7, 11) is 1.56. The molecule has 0 aliphatic heterocycles. The Balaban J connectivity index is 1.35. The van der Waals surface area contributed by atoms with E-state index in [0.717, 1.165) is 17.8 Å². The van der Waals surface area contributed by atoms with Gasteiger partial charge in [-0.25, -0.2) is 23.1 Å².